The third-order valence-electron chi connectivity index (χ3n) is 6.04. The van der Waals surface area contributed by atoms with Crippen LogP contribution in [0.15, 0.2) is 35.5 Å². The van der Waals surface area contributed by atoms with E-state index in [1.54, 1.807) is 0 Å². The lowest BCUT2D eigenvalue weighted by Crippen LogP contribution is -2.30. The van der Waals surface area contributed by atoms with Crippen molar-refractivity contribution in [3.8, 4) is 5.75 Å². The second kappa shape index (κ2) is 12.5. The highest BCUT2D eigenvalue weighted by Gasteiger charge is 2.40. The molecule has 0 aliphatic heterocycles. The van der Waals surface area contributed by atoms with Crippen LogP contribution in [0.4, 0.5) is 0 Å². The minimum atomic E-state index is -0.769. The lowest BCUT2D eigenvalue weighted by Gasteiger charge is -2.25. The Kier molecular flexibility index (Phi) is 10.1. The molecule has 1 aromatic rings. The fourth-order valence-electron chi connectivity index (χ4n) is 4.31. The highest BCUT2D eigenvalue weighted by molar-refractivity contribution is 5.89. The maximum absolute atomic E-state index is 10.6. The van der Waals surface area contributed by atoms with Crippen LogP contribution in [0.25, 0.3) is 0 Å². The van der Waals surface area contributed by atoms with Gasteiger partial charge in [-0.3, -0.25) is 4.79 Å². The maximum Gasteiger partial charge on any atom is 0.303 e. The molecule has 1 aromatic carbocycles. The number of oxime groups is 1. The van der Waals surface area contributed by atoms with Crippen molar-refractivity contribution in [2.75, 3.05) is 0 Å². The van der Waals surface area contributed by atoms with Crippen LogP contribution in [-0.4, -0.2) is 50.5 Å². The molecule has 1 aliphatic carbocycles. The normalized spacial score (nSPS) is 24.6. The van der Waals surface area contributed by atoms with Gasteiger partial charge in [-0.1, -0.05) is 42.6 Å². The first kappa shape index (κ1) is 24.2. The van der Waals surface area contributed by atoms with Crippen LogP contribution in [0.2, 0.25) is 0 Å². The molecule has 7 nitrogen and oxygen atoms in total. The second-order valence-corrected chi connectivity index (χ2v) is 8.26. The molecule has 0 amide bonds. The van der Waals surface area contributed by atoms with Gasteiger partial charge >= 0.3 is 5.97 Å². The summed E-state index contributed by atoms with van der Waals surface area (Å²) in [7, 11) is 0. The van der Waals surface area contributed by atoms with Crippen molar-refractivity contribution in [2.45, 2.75) is 83.0 Å². The summed E-state index contributed by atoms with van der Waals surface area (Å²) in [6.45, 7) is 1.83. The van der Waals surface area contributed by atoms with Crippen LogP contribution in [0.1, 0.15) is 64.7 Å². The van der Waals surface area contributed by atoms with Crippen LogP contribution in [0.5, 0.6) is 5.75 Å². The van der Waals surface area contributed by atoms with E-state index < -0.39 is 18.2 Å². The average Bonchev–Trinajstić information content (AvgIpc) is 3.03. The van der Waals surface area contributed by atoms with Crippen molar-refractivity contribution in [1.82, 2.24) is 0 Å². The zero-order chi connectivity index (χ0) is 21.9. The van der Waals surface area contributed by atoms with E-state index >= 15 is 0 Å². The number of aliphatic carboxylic acids is 1. The van der Waals surface area contributed by atoms with E-state index in [-0.39, 0.29) is 24.4 Å². The quantitative estimate of drug-likeness (QED) is 0.218. The Bertz CT molecular complexity index is 665. The summed E-state index contributed by atoms with van der Waals surface area (Å²) >= 11 is 0. The molecule has 1 fully saturated rings. The molecular formula is C23H35NO6. The minimum Gasteiger partial charge on any atom is -0.488 e. The Balaban J connectivity index is 1.81. The van der Waals surface area contributed by atoms with Crippen molar-refractivity contribution in [2.24, 2.45) is 17.0 Å². The molecule has 168 valence electrons. The summed E-state index contributed by atoms with van der Waals surface area (Å²) in [5.41, 5.74) is 0.599. The summed E-state index contributed by atoms with van der Waals surface area (Å²) in [6, 6.07) is 9.36. The summed E-state index contributed by atoms with van der Waals surface area (Å²) in [5.74, 6) is -0.136. The highest BCUT2D eigenvalue weighted by atomic mass is 16.5. The first-order chi connectivity index (χ1) is 14.4. The lowest BCUT2D eigenvalue weighted by molar-refractivity contribution is -0.137. The standard InChI is InChI=1S/C23H35NO6/c1-16(30-17-9-5-4-6-10-17)21(25)14-13-18-19(22(26)15-20(18)24-29)11-7-2-3-8-12-23(27)28/h4-6,9-10,16,18-19,21-22,25-26,29H,2-3,7-8,11-15H2,1H3,(H,27,28)/b24-20-/t16?,18-,19-,21-,22+/m1/s1. The molecule has 1 aliphatic rings. The molecule has 7 heteroatoms. The molecular weight excluding hydrogens is 386 g/mol. The summed E-state index contributed by atoms with van der Waals surface area (Å²) < 4.78 is 5.79. The fourth-order valence-corrected chi connectivity index (χ4v) is 4.31. The van der Waals surface area contributed by atoms with Gasteiger partial charge in [0.05, 0.1) is 17.9 Å². The lowest BCUT2D eigenvalue weighted by atomic mass is 9.84. The number of benzene rings is 1. The Labute approximate surface area is 178 Å². The number of hydrogen-bond donors (Lipinski definition) is 4. The van der Waals surface area contributed by atoms with E-state index in [1.807, 2.05) is 37.3 Å². The van der Waals surface area contributed by atoms with Gasteiger partial charge in [0.2, 0.25) is 0 Å². The molecule has 4 N–H and O–H groups in total. The topological polar surface area (TPSA) is 120 Å². The zero-order valence-corrected chi connectivity index (χ0v) is 17.7. The fraction of sp³-hybridized carbons (Fsp3) is 0.652. The van der Waals surface area contributed by atoms with Crippen molar-refractivity contribution in [3.05, 3.63) is 30.3 Å². The van der Waals surface area contributed by atoms with Crippen molar-refractivity contribution >= 4 is 11.7 Å². The number of carboxylic acid groups (broad SMARTS) is 1. The van der Waals surface area contributed by atoms with Gasteiger partial charge in [0, 0.05) is 18.8 Å². The van der Waals surface area contributed by atoms with E-state index in [9.17, 15) is 20.2 Å². The number of unbranched alkanes of at least 4 members (excludes halogenated alkanes) is 3. The van der Waals surface area contributed by atoms with Crippen molar-refractivity contribution < 1.29 is 30.1 Å². The van der Waals surface area contributed by atoms with E-state index in [1.165, 1.54) is 0 Å². The molecule has 1 saturated carbocycles. The Hall–Kier alpha value is -2.12. The molecule has 5 atom stereocenters. The molecule has 30 heavy (non-hydrogen) atoms. The number of ether oxygens (including phenoxy) is 1. The van der Waals surface area contributed by atoms with Crippen molar-refractivity contribution in [1.29, 1.82) is 0 Å². The van der Waals surface area contributed by atoms with Crippen LogP contribution in [0.3, 0.4) is 0 Å². The third-order valence-corrected chi connectivity index (χ3v) is 6.04. The molecule has 0 bridgehead atoms. The van der Waals surface area contributed by atoms with Gasteiger partial charge in [0.15, 0.2) is 0 Å². The van der Waals surface area contributed by atoms with Gasteiger partial charge in [0.25, 0.3) is 0 Å². The number of carbonyl (C=O) groups is 1. The highest BCUT2D eigenvalue weighted by Crippen LogP contribution is 2.37. The van der Waals surface area contributed by atoms with Crippen LogP contribution in [0, 0.1) is 11.8 Å². The third kappa shape index (κ3) is 7.61. The Morgan fingerprint density at radius 1 is 1.17 bits per heavy atom. The SMILES string of the molecule is CC(Oc1ccccc1)[C@H](O)CC[C@H]1/C(=N\O)C[C@H](O)[C@@H]1CCCCCCC(=O)O. The number of rotatable bonds is 13. The number of para-hydroxylation sites is 1. The number of aliphatic hydroxyl groups is 2. The number of hydrogen-bond acceptors (Lipinski definition) is 6. The monoisotopic (exact) mass is 421 g/mol. The van der Waals surface area contributed by atoms with Gasteiger partial charge in [-0.2, -0.15) is 0 Å². The molecule has 0 radical (unpaired) electrons. The van der Waals surface area contributed by atoms with Gasteiger partial charge in [-0.15, -0.1) is 0 Å². The van der Waals surface area contributed by atoms with E-state index in [2.05, 4.69) is 5.16 Å². The van der Waals surface area contributed by atoms with Crippen LogP contribution in [-0.2, 0) is 4.79 Å². The molecule has 0 spiro atoms. The molecule has 0 aromatic heterocycles. The predicted molar refractivity (Wildman–Crippen MR) is 114 cm³/mol. The number of carboxylic acids is 1. The molecule has 0 saturated heterocycles. The largest absolute Gasteiger partial charge is 0.488 e. The van der Waals surface area contributed by atoms with Crippen LogP contribution >= 0.6 is 0 Å². The van der Waals surface area contributed by atoms with Gasteiger partial charge in [0.1, 0.15) is 11.9 Å². The summed E-state index contributed by atoms with van der Waals surface area (Å²) in [5, 5.41) is 42.5. The maximum atomic E-state index is 10.6. The van der Waals surface area contributed by atoms with Gasteiger partial charge in [-0.05, 0) is 50.7 Å². The summed E-state index contributed by atoms with van der Waals surface area (Å²) in [4.78, 5) is 10.6. The predicted octanol–water partition coefficient (Wildman–Crippen LogP) is 3.85. The first-order valence-corrected chi connectivity index (χ1v) is 10.9. The Morgan fingerprint density at radius 3 is 2.53 bits per heavy atom. The smallest absolute Gasteiger partial charge is 0.303 e. The van der Waals surface area contributed by atoms with Gasteiger partial charge in [-0.25, -0.2) is 0 Å². The average molecular weight is 422 g/mol. The van der Waals surface area contributed by atoms with Crippen molar-refractivity contribution in [3.63, 3.8) is 0 Å². The summed E-state index contributed by atoms with van der Waals surface area (Å²) in [6.07, 6.45) is 4.19. The molecule has 0 heterocycles. The first-order valence-electron chi connectivity index (χ1n) is 10.9. The van der Waals surface area contributed by atoms with E-state index in [0.717, 1.165) is 25.7 Å². The number of aliphatic hydroxyl groups excluding tert-OH is 2. The second-order valence-electron chi connectivity index (χ2n) is 8.26. The minimum absolute atomic E-state index is 0.00655. The van der Waals surface area contributed by atoms with Gasteiger partial charge < -0.3 is 25.3 Å². The number of nitrogens with zero attached hydrogens (tertiary/aromatic N) is 1. The Morgan fingerprint density at radius 2 is 1.87 bits per heavy atom. The molecule has 1 unspecified atom stereocenters. The van der Waals surface area contributed by atoms with E-state index in [4.69, 9.17) is 9.84 Å². The van der Waals surface area contributed by atoms with E-state index in [0.29, 0.717) is 37.1 Å². The zero-order valence-electron chi connectivity index (χ0n) is 17.7. The molecule has 2 rings (SSSR count). The van der Waals surface area contributed by atoms with Crippen LogP contribution < -0.4 is 4.74 Å².